The van der Waals surface area contributed by atoms with Crippen molar-refractivity contribution in [2.75, 3.05) is 4.90 Å². The average Bonchev–Trinajstić information content (AvgIpc) is 3.11. The maximum Gasteiger partial charge on any atom is 0.0527 e. The molecule has 1 nitrogen and oxygen atoms in total. The molecule has 0 amide bonds. The summed E-state index contributed by atoms with van der Waals surface area (Å²) in [5.74, 6) is 0.348. The quantitative estimate of drug-likeness (QED) is 0.270. The number of aryl methyl sites for hydroxylation is 1. The van der Waals surface area contributed by atoms with Crippen molar-refractivity contribution in [2.45, 2.75) is 78.7 Å². The molecule has 0 N–H and O–H groups in total. The Hall–Kier alpha value is -3.32. The second kappa shape index (κ2) is 9.21. The van der Waals surface area contributed by atoms with Crippen molar-refractivity contribution in [1.82, 2.24) is 0 Å². The second-order valence-electron chi connectivity index (χ2n) is 12.2. The van der Waals surface area contributed by atoms with Gasteiger partial charge in [-0.25, -0.2) is 0 Å². The van der Waals surface area contributed by atoms with Gasteiger partial charge in [-0.1, -0.05) is 120 Å². The fourth-order valence-corrected chi connectivity index (χ4v) is 6.25. The van der Waals surface area contributed by atoms with E-state index in [1.807, 2.05) is 6.92 Å². The summed E-state index contributed by atoms with van der Waals surface area (Å²) in [7, 11) is 0. The maximum absolute atomic E-state index is 8.93. The molecule has 190 valence electrons. The highest BCUT2D eigenvalue weighted by molar-refractivity contribution is 5.93. The van der Waals surface area contributed by atoms with Crippen LogP contribution in [0, 0.1) is 0 Å². The predicted molar refractivity (Wildman–Crippen MR) is 161 cm³/mol. The van der Waals surface area contributed by atoms with E-state index in [4.69, 9.17) is 1.37 Å². The van der Waals surface area contributed by atoms with E-state index in [1.165, 1.54) is 44.6 Å². The Morgan fingerprint density at radius 2 is 1.41 bits per heavy atom. The molecule has 4 aromatic carbocycles. The molecule has 0 aliphatic heterocycles. The Morgan fingerprint density at radius 1 is 0.757 bits per heavy atom. The van der Waals surface area contributed by atoms with Crippen molar-refractivity contribution < 1.29 is 1.37 Å². The van der Waals surface area contributed by atoms with Crippen LogP contribution in [0.2, 0.25) is 0 Å². The van der Waals surface area contributed by atoms with Crippen LogP contribution in [-0.2, 0) is 11.8 Å². The normalized spacial score (nSPS) is 15.2. The third-order valence-electron chi connectivity index (χ3n) is 7.93. The van der Waals surface area contributed by atoms with E-state index in [9.17, 15) is 0 Å². The lowest BCUT2D eigenvalue weighted by molar-refractivity contribution is 0.549. The van der Waals surface area contributed by atoms with Crippen LogP contribution in [0.5, 0.6) is 0 Å². The van der Waals surface area contributed by atoms with Gasteiger partial charge in [0.25, 0.3) is 0 Å². The SMILES string of the molecule is [2H]C(C)c1cccc(-c2ccccc2)c1N(c1c(C(C)C)ccc2c1C(C)(C)c1ccccc1-2)C(C)(C)C. The van der Waals surface area contributed by atoms with Crippen LogP contribution in [0.15, 0.2) is 84.9 Å². The van der Waals surface area contributed by atoms with Crippen LogP contribution >= 0.6 is 0 Å². The molecule has 0 bridgehead atoms. The summed E-state index contributed by atoms with van der Waals surface area (Å²) in [4.78, 5) is 2.58. The number of fused-ring (bicyclic) bond motifs is 3. The first-order valence-corrected chi connectivity index (χ1v) is 13.6. The molecule has 0 saturated carbocycles. The predicted octanol–water partition coefficient (Wildman–Crippen LogP) is 10.3. The van der Waals surface area contributed by atoms with Crippen LogP contribution in [0.3, 0.4) is 0 Å². The van der Waals surface area contributed by atoms with Crippen LogP contribution in [0.1, 0.15) is 84.9 Å². The zero-order valence-electron chi connectivity index (χ0n) is 24.7. The first-order valence-electron chi connectivity index (χ1n) is 14.2. The topological polar surface area (TPSA) is 3.24 Å². The first-order chi connectivity index (χ1) is 17.9. The van der Waals surface area contributed by atoms with E-state index in [2.05, 4.69) is 138 Å². The molecule has 0 radical (unpaired) electrons. The molecule has 4 aromatic rings. The molecule has 1 unspecified atom stereocenters. The molecule has 0 saturated heterocycles. The van der Waals surface area contributed by atoms with E-state index in [0.717, 1.165) is 11.3 Å². The number of para-hydroxylation sites is 1. The van der Waals surface area contributed by atoms with Gasteiger partial charge in [0.05, 0.1) is 5.69 Å². The smallest absolute Gasteiger partial charge is 0.0527 e. The molecule has 1 aliphatic rings. The van der Waals surface area contributed by atoms with Gasteiger partial charge in [-0.3, -0.25) is 0 Å². The van der Waals surface area contributed by atoms with Crippen LogP contribution in [0.25, 0.3) is 22.3 Å². The largest absolute Gasteiger partial charge is 0.335 e. The summed E-state index contributed by atoms with van der Waals surface area (Å²) >= 11 is 0. The standard InChI is InChI=1S/C36H41N/c1-9-25-18-15-20-28(26-16-11-10-12-17-26)33(25)37(35(4,5)6)34-27(24(2)3)22-23-30-29-19-13-14-21-31(29)36(7,8)32(30)34/h10-24H,9H2,1-8H3/i9D. The van der Waals surface area contributed by atoms with Gasteiger partial charge in [0.1, 0.15) is 0 Å². The van der Waals surface area contributed by atoms with Crippen molar-refractivity contribution in [2.24, 2.45) is 0 Å². The van der Waals surface area contributed by atoms with Crippen LogP contribution in [0.4, 0.5) is 11.4 Å². The van der Waals surface area contributed by atoms with E-state index in [0.29, 0.717) is 5.92 Å². The number of rotatable bonds is 5. The number of benzene rings is 4. The molecule has 0 aromatic heterocycles. The lowest BCUT2D eigenvalue weighted by Gasteiger charge is -2.44. The van der Waals surface area contributed by atoms with Gasteiger partial charge < -0.3 is 4.90 Å². The summed E-state index contributed by atoms with van der Waals surface area (Å²) in [5.41, 5.74) is 12.3. The molecule has 5 rings (SSSR count). The summed E-state index contributed by atoms with van der Waals surface area (Å²) in [6.07, 6.45) is -0.358. The average molecular weight is 489 g/mol. The highest BCUT2D eigenvalue weighted by Crippen LogP contribution is 2.57. The number of hydrogen-bond donors (Lipinski definition) is 0. The second-order valence-corrected chi connectivity index (χ2v) is 12.2. The Morgan fingerprint density at radius 3 is 2.05 bits per heavy atom. The molecule has 1 atom stereocenters. The van der Waals surface area contributed by atoms with Crippen molar-refractivity contribution in [3.63, 3.8) is 0 Å². The highest BCUT2D eigenvalue weighted by Gasteiger charge is 2.42. The van der Waals surface area contributed by atoms with Crippen molar-refractivity contribution in [3.8, 4) is 22.3 Å². The van der Waals surface area contributed by atoms with Crippen molar-refractivity contribution >= 4 is 11.4 Å². The van der Waals surface area contributed by atoms with Gasteiger partial charge in [-0.15, -0.1) is 0 Å². The molecule has 0 spiro atoms. The molecular weight excluding hydrogens is 446 g/mol. The van der Waals surface area contributed by atoms with Crippen molar-refractivity contribution in [3.05, 3.63) is 107 Å². The monoisotopic (exact) mass is 488 g/mol. The molecule has 1 aliphatic carbocycles. The number of anilines is 2. The van der Waals surface area contributed by atoms with E-state index >= 15 is 0 Å². The molecule has 1 heteroatoms. The molecule has 37 heavy (non-hydrogen) atoms. The third kappa shape index (κ3) is 4.09. The summed E-state index contributed by atoms with van der Waals surface area (Å²) < 4.78 is 8.93. The minimum Gasteiger partial charge on any atom is -0.335 e. The zero-order valence-corrected chi connectivity index (χ0v) is 23.7. The van der Waals surface area contributed by atoms with Gasteiger partial charge in [-0.05, 0) is 72.0 Å². The van der Waals surface area contributed by atoms with Crippen LogP contribution in [-0.4, -0.2) is 5.54 Å². The van der Waals surface area contributed by atoms with Gasteiger partial charge in [0.2, 0.25) is 0 Å². The van der Waals surface area contributed by atoms with E-state index in [1.54, 1.807) is 0 Å². The summed E-state index contributed by atoms with van der Waals surface area (Å²) in [5, 5.41) is 0. The number of nitrogens with zero attached hydrogens (tertiary/aromatic N) is 1. The van der Waals surface area contributed by atoms with Gasteiger partial charge >= 0.3 is 0 Å². The van der Waals surface area contributed by atoms with Crippen molar-refractivity contribution in [1.29, 1.82) is 0 Å². The Kier molecular flexibility index (Phi) is 5.98. The fourth-order valence-electron chi connectivity index (χ4n) is 6.25. The lowest BCUT2D eigenvalue weighted by atomic mass is 9.78. The fraction of sp³-hybridized carbons (Fsp3) is 0.333. The van der Waals surface area contributed by atoms with Gasteiger partial charge in [-0.2, -0.15) is 0 Å². The highest BCUT2D eigenvalue weighted by atomic mass is 15.2. The number of hydrogen-bond acceptors (Lipinski definition) is 1. The minimum absolute atomic E-state index is 0.149. The van der Waals surface area contributed by atoms with Crippen LogP contribution < -0.4 is 4.90 Å². The zero-order chi connectivity index (χ0) is 27.4. The first kappa shape index (κ1) is 24.0. The summed E-state index contributed by atoms with van der Waals surface area (Å²) in [6.45, 7) is 18.3. The van der Waals surface area contributed by atoms with E-state index < -0.39 is 0 Å². The van der Waals surface area contributed by atoms with Gasteiger partial charge in [0, 0.05) is 23.6 Å². The molecule has 0 heterocycles. The Bertz CT molecular complexity index is 1470. The maximum atomic E-state index is 8.93. The minimum atomic E-state index is -0.358. The Labute approximate surface area is 225 Å². The van der Waals surface area contributed by atoms with Gasteiger partial charge in [0.15, 0.2) is 0 Å². The Balaban J connectivity index is 1.94. The molecular formula is C36H41N. The van der Waals surface area contributed by atoms with E-state index in [-0.39, 0.29) is 17.4 Å². The summed E-state index contributed by atoms with van der Waals surface area (Å²) in [6, 6.07) is 30.8. The third-order valence-corrected chi connectivity index (χ3v) is 7.93. The lowest BCUT2D eigenvalue weighted by Crippen LogP contribution is -2.40. The molecule has 0 fully saturated rings.